The van der Waals surface area contributed by atoms with Crippen molar-refractivity contribution in [3.8, 4) is 5.75 Å². The van der Waals surface area contributed by atoms with Gasteiger partial charge >= 0.3 is 0 Å². The van der Waals surface area contributed by atoms with Crippen LogP contribution in [0.1, 0.15) is 55.8 Å². The van der Waals surface area contributed by atoms with Crippen molar-refractivity contribution in [2.24, 2.45) is 0 Å². The monoisotopic (exact) mass is 408 g/mol. The Bertz CT molecular complexity index is 953. The lowest BCUT2D eigenvalue weighted by Gasteiger charge is -2.25. The second-order valence-corrected chi connectivity index (χ2v) is 7.40. The molecule has 0 aliphatic carbocycles. The Labute approximate surface area is 177 Å². The number of aliphatic hydroxyl groups excluding tert-OH is 1. The number of aromatic nitrogens is 1. The van der Waals surface area contributed by atoms with Gasteiger partial charge < -0.3 is 14.7 Å². The van der Waals surface area contributed by atoms with Gasteiger partial charge in [0.1, 0.15) is 11.5 Å². The zero-order valence-corrected chi connectivity index (χ0v) is 17.7. The number of unbranched alkanes of at least 4 members (excludes halogenated alkanes) is 2. The molecule has 1 aromatic heterocycles. The third kappa shape index (κ3) is 4.22. The van der Waals surface area contributed by atoms with Gasteiger partial charge in [0.15, 0.2) is 0 Å². The van der Waals surface area contributed by atoms with Crippen molar-refractivity contribution in [2.75, 3.05) is 13.2 Å². The normalized spacial score (nSPS) is 18.1. The van der Waals surface area contributed by atoms with Crippen LogP contribution >= 0.6 is 0 Å². The Morgan fingerprint density at radius 2 is 2.00 bits per heavy atom. The Morgan fingerprint density at radius 3 is 2.63 bits per heavy atom. The number of ether oxygens (including phenoxy) is 1. The summed E-state index contributed by atoms with van der Waals surface area (Å²) in [5, 5.41) is 11.1. The Balaban J connectivity index is 2.08. The molecule has 1 aliphatic heterocycles. The first-order valence-corrected chi connectivity index (χ1v) is 10.4. The number of aryl methyl sites for hydroxylation is 1. The van der Waals surface area contributed by atoms with E-state index in [2.05, 4.69) is 11.9 Å². The number of Topliss-reactive ketones (excluding diaryl/α,β-unsaturated/α-hetero) is 1. The summed E-state index contributed by atoms with van der Waals surface area (Å²) < 4.78 is 5.56. The van der Waals surface area contributed by atoms with Crippen molar-refractivity contribution in [3.05, 3.63) is 65.0 Å². The van der Waals surface area contributed by atoms with Gasteiger partial charge in [0.05, 0.1) is 18.2 Å². The summed E-state index contributed by atoms with van der Waals surface area (Å²) in [6.45, 7) is 6.86. The molecule has 6 heteroatoms. The number of ketones is 1. The van der Waals surface area contributed by atoms with Gasteiger partial charge in [-0.2, -0.15) is 0 Å². The summed E-state index contributed by atoms with van der Waals surface area (Å²) in [5.41, 5.74) is 2.14. The number of likely N-dealkylation sites (tertiary alicyclic amines) is 1. The highest BCUT2D eigenvalue weighted by molar-refractivity contribution is 6.46. The number of rotatable bonds is 8. The van der Waals surface area contributed by atoms with Crippen LogP contribution in [0.25, 0.3) is 5.76 Å². The lowest BCUT2D eigenvalue weighted by Crippen LogP contribution is -2.30. The summed E-state index contributed by atoms with van der Waals surface area (Å²) >= 11 is 0. The highest BCUT2D eigenvalue weighted by atomic mass is 16.5. The molecule has 2 aromatic rings. The van der Waals surface area contributed by atoms with E-state index in [9.17, 15) is 14.7 Å². The molecule has 1 fully saturated rings. The summed E-state index contributed by atoms with van der Waals surface area (Å²) in [7, 11) is 0. The van der Waals surface area contributed by atoms with Gasteiger partial charge in [-0.25, -0.2) is 0 Å². The average Bonchev–Trinajstić information content (AvgIpc) is 3.00. The van der Waals surface area contributed by atoms with Gasteiger partial charge in [-0.15, -0.1) is 0 Å². The van der Waals surface area contributed by atoms with Gasteiger partial charge in [-0.3, -0.25) is 14.6 Å². The highest BCUT2D eigenvalue weighted by Crippen LogP contribution is 2.39. The van der Waals surface area contributed by atoms with Crippen LogP contribution in [-0.2, 0) is 9.59 Å². The predicted octanol–water partition coefficient (Wildman–Crippen LogP) is 4.40. The minimum absolute atomic E-state index is 0.105. The SMILES string of the molecule is CCCCCN1C(=O)C(=O)/C(=C(\O)c2ccc(OCC)c(C)c2)C1c1cccnc1. The summed E-state index contributed by atoms with van der Waals surface area (Å²) in [6, 6.07) is 8.19. The van der Waals surface area contributed by atoms with Crippen LogP contribution in [0.15, 0.2) is 48.3 Å². The van der Waals surface area contributed by atoms with Crippen LogP contribution in [0.4, 0.5) is 0 Å². The molecule has 0 spiro atoms. The number of carbonyl (C=O) groups excluding carboxylic acids is 2. The number of benzene rings is 1. The molecule has 2 heterocycles. The van der Waals surface area contributed by atoms with Gasteiger partial charge in [-0.1, -0.05) is 25.8 Å². The zero-order valence-electron chi connectivity index (χ0n) is 17.7. The maximum absolute atomic E-state index is 12.9. The fraction of sp³-hybridized carbons (Fsp3) is 0.375. The van der Waals surface area contributed by atoms with Crippen molar-refractivity contribution in [2.45, 2.75) is 46.1 Å². The van der Waals surface area contributed by atoms with Crippen molar-refractivity contribution >= 4 is 17.4 Å². The van der Waals surface area contributed by atoms with Crippen LogP contribution in [0.3, 0.4) is 0 Å². The van der Waals surface area contributed by atoms with Crippen molar-refractivity contribution < 1.29 is 19.4 Å². The molecule has 0 radical (unpaired) electrons. The van der Waals surface area contributed by atoms with E-state index in [-0.39, 0.29) is 11.3 Å². The number of nitrogens with zero attached hydrogens (tertiary/aromatic N) is 2. The first kappa shape index (κ1) is 21.6. The summed E-state index contributed by atoms with van der Waals surface area (Å²) in [4.78, 5) is 31.5. The standard InChI is InChI=1S/C24H28N2O4/c1-4-6-7-13-26-21(18-9-8-12-25-15-18)20(23(28)24(26)29)22(27)17-10-11-19(30-5-2)16(3)14-17/h8-12,14-15,21,27H,4-7,13H2,1-3H3/b22-20-. The van der Waals surface area contributed by atoms with E-state index in [0.29, 0.717) is 24.3 Å². The number of aliphatic hydroxyl groups is 1. The predicted molar refractivity (Wildman–Crippen MR) is 115 cm³/mol. The fourth-order valence-electron chi connectivity index (χ4n) is 3.80. The number of hydrogen-bond donors (Lipinski definition) is 1. The van der Waals surface area contributed by atoms with Crippen LogP contribution in [0, 0.1) is 6.92 Å². The number of pyridine rings is 1. The third-order valence-electron chi connectivity index (χ3n) is 5.29. The van der Waals surface area contributed by atoms with Crippen LogP contribution in [-0.4, -0.2) is 39.8 Å². The molecule has 1 saturated heterocycles. The maximum Gasteiger partial charge on any atom is 0.295 e. The van der Waals surface area contributed by atoms with Crippen LogP contribution < -0.4 is 4.74 Å². The lowest BCUT2D eigenvalue weighted by molar-refractivity contribution is -0.139. The van der Waals surface area contributed by atoms with Crippen LogP contribution in [0.2, 0.25) is 0 Å². The molecule has 30 heavy (non-hydrogen) atoms. The first-order chi connectivity index (χ1) is 14.5. The largest absolute Gasteiger partial charge is 0.507 e. The molecular weight excluding hydrogens is 380 g/mol. The van der Waals surface area contributed by atoms with E-state index in [1.807, 2.05) is 19.9 Å². The van der Waals surface area contributed by atoms with E-state index in [4.69, 9.17) is 4.74 Å². The molecule has 1 N–H and O–H groups in total. The highest BCUT2D eigenvalue weighted by Gasteiger charge is 2.45. The van der Waals surface area contributed by atoms with Gasteiger partial charge in [0, 0.05) is 24.5 Å². The molecule has 1 amide bonds. The Morgan fingerprint density at radius 1 is 1.20 bits per heavy atom. The van der Waals surface area contributed by atoms with Gasteiger partial charge in [0.25, 0.3) is 11.7 Å². The smallest absolute Gasteiger partial charge is 0.295 e. The molecule has 6 nitrogen and oxygen atoms in total. The van der Waals surface area contributed by atoms with E-state index in [1.54, 1.807) is 41.6 Å². The van der Waals surface area contributed by atoms with Crippen molar-refractivity contribution in [3.63, 3.8) is 0 Å². The number of amides is 1. The molecule has 1 unspecified atom stereocenters. The third-order valence-corrected chi connectivity index (χ3v) is 5.29. The zero-order chi connectivity index (χ0) is 21.7. The van der Waals surface area contributed by atoms with Crippen molar-refractivity contribution in [1.82, 2.24) is 9.88 Å². The quantitative estimate of drug-likeness (QED) is 0.303. The van der Waals surface area contributed by atoms with E-state index < -0.39 is 17.7 Å². The van der Waals surface area contributed by atoms with E-state index in [1.165, 1.54) is 0 Å². The first-order valence-electron chi connectivity index (χ1n) is 10.4. The average molecular weight is 408 g/mol. The second-order valence-electron chi connectivity index (χ2n) is 7.40. The van der Waals surface area contributed by atoms with Gasteiger partial charge in [0.2, 0.25) is 0 Å². The minimum Gasteiger partial charge on any atom is -0.507 e. The minimum atomic E-state index is -0.663. The summed E-state index contributed by atoms with van der Waals surface area (Å²) in [5.74, 6) is -0.697. The lowest BCUT2D eigenvalue weighted by atomic mass is 9.95. The second kappa shape index (κ2) is 9.57. The van der Waals surface area contributed by atoms with E-state index >= 15 is 0 Å². The topological polar surface area (TPSA) is 79.7 Å². The molecule has 158 valence electrons. The molecule has 1 aromatic carbocycles. The van der Waals surface area contributed by atoms with E-state index in [0.717, 1.165) is 30.6 Å². The number of hydrogen-bond acceptors (Lipinski definition) is 5. The molecule has 1 atom stereocenters. The molecule has 0 saturated carbocycles. The van der Waals surface area contributed by atoms with Crippen molar-refractivity contribution in [1.29, 1.82) is 0 Å². The van der Waals surface area contributed by atoms with Gasteiger partial charge in [-0.05, 0) is 55.7 Å². The maximum atomic E-state index is 12.9. The number of carbonyl (C=O) groups is 2. The molecule has 0 bridgehead atoms. The van der Waals surface area contributed by atoms with Crippen LogP contribution in [0.5, 0.6) is 5.75 Å². The molecule has 1 aliphatic rings. The fourth-order valence-corrected chi connectivity index (χ4v) is 3.80. The Kier molecular flexibility index (Phi) is 6.87. The summed E-state index contributed by atoms with van der Waals surface area (Å²) in [6.07, 6.45) is 6.04. The Hall–Kier alpha value is -3.15. The molecular formula is C24H28N2O4. The molecule has 3 rings (SSSR count).